The van der Waals surface area contributed by atoms with Gasteiger partial charge in [0, 0.05) is 63.6 Å². The van der Waals surface area contributed by atoms with Gasteiger partial charge in [-0.2, -0.15) is 0 Å². The summed E-state index contributed by atoms with van der Waals surface area (Å²) in [6.07, 6.45) is 6.18. The molecule has 0 spiro atoms. The second kappa shape index (κ2) is 10.2. The fourth-order valence-corrected chi connectivity index (χ4v) is 5.02. The van der Waals surface area contributed by atoms with Crippen LogP contribution in [0.1, 0.15) is 48.9 Å². The van der Waals surface area contributed by atoms with Gasteiger partial charge in [-0.15, -0.1) is 0 Å². The summed E-state index contributed by atoms with van der Waals surface area (Å²) in [5.74, 6) is -0.0763. The Kier molecular flexibility index (Phi) is 8.79. The normalized spacial score (nSPS) is 15.2. The number of sulfonamides is 1. The van der Waals surface area contributed by atoms with Crippen molar-refractivity contribution in [2.75, 3.05) is 30.7 Å². The molecule has 0 heterocycles. The number of fused-ring (bicyclic) bond motifs is 2. The number of rotatable bonds is 7. The molecule has 0 bridgehead atoms. The zero-order chi connectivity index (χ0) is 18.7. The number of carbonyl (C=O) groups is 1. The third-order valence-electron chi connectivity index (χ3n) is 5.53. The van der Waals surface area contributed by atoms with E-state index in [1.165, 1.54) is 22.3 Å². The fourth-order valence-electron chi connectivity index (χ4n) is 4.09. The predicted octanol–water partition coefficient (Wildman–Crippen LogP) is 2.08. The monoisotopic (exact) mass is 418 g/mol. The molecule has 1 radical (unpaired) electrons. The van der Waals surface area contributed by atoms with E-state index in [0.29, 0.717) is 6.54 Å². The summed E-state index contributed by atoms with van der Waals surface area (Å²) in [4.78, 5) is 14.4. The second-order valence-corrected chi connectivity index (χ2v) is 8.98. The van der Waals surface area contributed by atoms with E-state index in [1.807, 2.05) is 18.7 Å². The van der Waals surface area contributed by atoms with Crippen molar-refractivity contribution >= 4 is 73.1 Å². The van der Waals surface area contributed by atoms with Crippen molar-refractivity contribution in [2.45, 2.75) is 52.4 Å². The van der Waals surface area contributed by atoms with E-state index >= 15 is 0 Å². The molecule has 27 heavy (non-hydrogen) atoms. The van der Waals surface area contributed by atoms with Crippen LogP contribution in [0.3, 0.4) is 0 Å². The summed E-state index contributed by atoms with van der Waals surface area (Å²) < 4.78 is 26.7. The number of hydrogen-bond acceptors (Lipinski definition) is 4. The standard InChI is InChI=1S/C19H29N3O3S.K/c1-3-22(4-2)11-12-26(24,25)21-19(23)20-18-16-9-5-7-14(16)13-15-8-6-10-17(15)18;/h13H,3-12H2,1-2H3,(H2,20,21,23);. The van der Waals surface area contributed by atoms with E-state index in [0.717, 1.165) is 57.3 Å². The van der Waals surface area contributed by atoms with E-state index in [9.17, 15) is 13.2 Å². The molecular formula is C19H29KN3O3S. The molecule has 2 aliphatic carbocycles. The molecule has 2 N–H and O–H groups in total. The van der Waals surface area contributed by atoms with E-state index in [-0.39, 0.29) is 57.1 Å². The Balaban J connectivity index is 0.00000261. The molecule has 0 aliphatic heterocycles. The van der Waals surface area contributed by atoms with Crippen molar-refractivity contribution in [1.29, 1.82) is 0 Å². The maximum absolute atomic E-state index is 12.4. The van der Waals surface area contributed by atoms with Crippen LogP contribution >= 0.6 is 0 Å². The Hall–Kier alpha value is 0.0364. The molecule has 145 valence electrons. The predicted molar refractivity (Wildman–Crippen MR) is 110 cm³/mol. The van der Waals surface area contributed by atoms with Gasteiger partial charge >= 0.3 is 6.03 Å². The Labute approximate surface area is 205 Å². The summed E-state index contributed by atoms with van der Waals surface area (Å²) in [6.45, 7) is 5.99. The third-order valence-corrected chi connectivity index (χ3v) is 6.75. The molecular weight excluding hydrogens is 389 g/mol. The van der Waals surface area contributed by atoms with Gasteiger partial charge in [-0.3, -0.25) is 0 Å². The van der Waals surface area contributed by atoms with Crippen molar-refractivity contribution in [2.24, 2.45) is 0 Å². The van der Waals surface area contributed by atoms with Crippen molar-refractivity contribution in [3.8, 4) is 0 Å². The molecule has 6 nitrogen and oxygen atoms in total. The van der Waals surface area contributed by atoms with Crippen LogP contribution in [0.25, 0.3) is 0 Å². The topological polar surface area (TPSA) is 78.5 Å². The van der Waals surface area contributed by atoms with Gasteiger partial charge in [0.1, 0.15) is 0 Å². The molecule has 1 aromatic rings. The number of benzene rings is 1. The zero-order valence-electron chi connectivity index (χ0n) is 16.7. The van der Waals surface area contributed by atoms with Crippen LogP contribution in [0.4, 0.5) is 10.5 Å². The van der Waals surface area contributed by atoms with Crippen molar-refractivity contribution < 1.29 is 13.2 Å². The zero-order valence-corrected chi connectivity index (χ0v) is 20.7. The average Bonchev–Trinajstić information content (AvgIpc) is 3.23. The van der Waals surface area contributed by atoms with Crippen molar-refractivity contribution in [3.05, 3.63) is 28.3 Å². The van der Waals surface area contributed by atoms with Crippen LogP contribution in [0, 0.1) is 0 Å². The molecule has 0 atom stereocenters. The van der Waals surface area contributed by atoms with Gasteiger partial charge in [0.2, 0.25) is 10.0 Å². The molecule has 8 heteroatoms. The van der Waals surface area contributed by atoms with E-state index in [4.69, 9.17) is 0 Å². The van der Waals surface area contributed by atoms with Gasteiger partial charge in [0.25, 0.3) is 0 Å². The van der Waals surface area contributed by atoms with E-state index < -0.39 is 16.1 Å². The number of anilines is 1. The first kappa shape index (κ1) is 23.3. The first-order valence-corrected chi connectivity index (χ1v) is 11.3. The summed E-state index contributed by atoms with van der Waals surface area (Å²) in [5, 5.41) is 2.87. The van der Waals surface area contributed by atoms with Crippen molar-refractivity contribution in [1.82, 2.24) is 9.62 Å². The molecule has 2 amide bonds. The first-order chi connectivity index (χ1) is 12.4. The Morgan fingerprint density at radius 1 is 1.04 bits per heavy atom. The minimum Gasteiger partial charge on any atom is -0.307 e. The quantitative estimate of drug-likeness (QED) is 0.665. The second-order valence-electron chi connectivity index (χ2n) is 7.14. The van der Waals surface area contributed by atoms with Gasteiger partial charge < -0.3 is 10.2 Å². The van der Waals surface area contributed by atoms with Gasteiger partial charge in [-0.25, -0.2) is 17.9 Å². The third kappa shape index (κ3) is 5.78. The van der Waals surface area contributed by atoms with E-state index in [1.54, 1.807) is 0 Å². The van der Waals surface area contributed by atoms with E-state index in [2.05, 4.69) is 16.1 Å². The fraction of sp³-hybridized carbons (Fsp3) is 0.632. The molecule has 0 aromatic heterocycles. The number of urea groups is 1. The summed E-state index contributed by atoms with van der Waals surface area (Å²) >= 11 is 0. The molecule has 0 fully saturated rings. The molecule has 0 saturated heterocycles. The van der Waals surface area contributed by atoms with Crippen molar-refractivity contribution in [3.63, 3.8) is 0 Å². The number of carbonyl (C=O) groups excluding carboxylic acids is 1. The van der Waals surface area contributed by atoms with Crippen LogP contribution in [0.2, 0.25) is 0 Å². The number of hydrogen-bond donors (Lipinski definition) is 2. The van der Waals surface area contributed by atoms with Crippen LogP contribution in [0.5, 0.6) is 0 Å². The minimum atomic E-state index is -3.65. The first-order valence-electron chi connectivity index (χ1n) is 9.63. The van der Waals surface area contributed by atoms with Crippen LogP contribution in [-0.2, 0) is 35.7 Å². The Morgan fingerprint density at radius 2 is 1.59 bits per heavy atom. The number of aryl methyl sites for hydroxylation is 2. The molecule has 0 unspecified atom stereocenters. The average molecular weight is 419 g/mol. The van der Waals surface area contributed by atoms with Gasteiger partial charge in [-0.05, 0) is 73.9 Å². The van der Waals surface area contributed by atoms with Crippen LogP contribution in [-0.4, -0.2) is 96.1 Å². The molecule has 2 aliphatic rings. The Bertz CT molecular complexity index is 760. The largest absolute Gasteiger partial charge is 0.332 e. The summed E-state index contributed by atoms with van der Waals surface area (Å²) in [6, 6.07) is 1.65. The SMILES string of the molecule is CCN(CC)CCS(=O)(=O)NC(=O)Nc1c2c(cc3c1CCC3)CCC2.[K]. The number of amides is 2. The molecule has 0 saturated carbocycles. The van der Waals surface area contributed by atoms with Crippen LogP contribution in [0.15, 0.2) is 6.07 Å². The number of nitrogens with one attached hydrogen (secondary N) is 2. The summed E-state index contributed by atoms with van der Waals surface area (Å²) in [5.41, 5.74) is 5.88. The maximum Gasteiger partial charge on any atom is 0.332 e. The van der Waals surface area contributed by atoms with Crippen LogP contribution < -0.4 is 10.0 Å². The number of nitrogens with zero attached hydrogens (tertiary/aromatic N) is 1. The smallest absolute Gasteiger partial charge is 0.307 e. The molecule has 1 aromatic carbocycles. The summed E-state index contributed by atoms with van der Waals surface area (Å²) in [7, 11) is -3.65. The molecule has 3 rings (SSSR count). The minimum absolute atomic E-state index is 0. The van der Waals surface area contributed by atoms with Gasteiger partial charge in [0.05, 0.1) is 5.75 Å². The maximum atomic E-state index is 12.4. The Morgan fingerprint density at radius 3 is 2.11 bits per heavy atom. The van der Waals surface area contributed by atoms with Gasteiger partial charge in [0.15, 0.2) is 0 Å². The van der Waals surface area contributed by atoms with Gasteiger partial charge in [-0.1, -0.05) is 19.9 Å².